The van der Waals surface area contributed by atoms with Crippen LogP contribution < -0.4 is 0 Å². The Bertz CT molecular complexity index is 785. The summed E-state index contributed by atoms with van der Waals surface area (Å²) in [6.07, 6.45) is 2.81. The Morgan fingerprint density at radius 3 is 2.48 bits per heavy atom. The first kappa shape index (κ1) is 22.0. The van der Waals surface area contributed by atoms with E-state index in [1.807, 2.05) is 6.92 Å². The molecule has 6 atom stereocenters. The van der Waals surface area contributed by atoms with Crippen molar-refractivity contribution in [1.29, 1.82) is 0 Å². The first-order chi connectivity index (χ1) is 14.5. The Kier molecular flexibility index (Phi) is 5.46. The predicted molar refractivity (Wildman–Crippen MR) is 97.5 cm³/mol. The third-order valence-corrected chi connectivity index (χ3v) is 7.02. The van der Waals surface area contributed by atoms with Crippen LogP contribution in [0.1, 0.15) is 52.4 Å². The molecule has 8 nitrogen and oxygen atoms in total. The van der Waals surface area contributed by atoms with Gasteiger partial charge in [-0.1, -0.05) is 6.42 Å². The smallest absolute Gasteiger partial charge is 0.377 e. The summed E-state index contributed by atoms with van der Waals surface area (Å²) in [6, 6.07) is 0. The zero-order valence-corrected chi connectivity index (χ0v) is 17.4. The zero-order chi connectivity index (χ0) is 22.6. The zero-order valence-electron chi connectivity index (χ0n) is 17.4. The fraction of sp³-hybridized carbons (Fsp3) is 0.810. The SMILES string of the molecule is CC1(OC(=O)COC(=O)C2C3CC4C(OC(=O)C42)C3OC(=O)C(C)(F)F)CCCCC1. The maximum Gasteiger partial charge on any atom is 0.377 e. The van der Waals surface area contributed by atoms with Gasteiger partial charge in [0.1, 0.15) is 17.8 Å². The molecule has 0 spiro atoms. The largest absolute Gasteiger partial charge is 0.458 e. The van der Waals surface area contributed by atoms with Crippen LogP contribution in [0.25, 0.3) is 0 Å². The first-order valence-corrected chi connectivity index (χ1v) is 10.7. The molecule has 3 aliphatic carbocycles. The molecule has 0 aromatic carbocycles. The van der Waals surface area contributed by atoms with E-state index in [2.05, 4.69) is 0 Å². The summed E-state index contributed by atoms with van der Waals surface area (Å²) in [6.45, 7) is 1.65. The molecule has 31 heavy (non-hydrogen) atoms. The molecule has 4 fully saturated rings. The quantitative estimate of drug-likeness (QED) is 0.453. The monoisotopic (exact) mass is 444 g/mol. The number of alkyl halides is 2. The molecule has 4 aliphatic rings. The number of hydrogen-bond acceptors (Lipinski definition) is 8. The number of ether oxygens (including phenoxy) is 4. The molecule has 10 heteroatoms. The molecule has 0 amide bonds. The Hall–Kier alpha value is -2.26. The van der Waals surface area contributed by atoms with E-state index in [1.54, 1.807) is 0 Å². The molecule has 3 saturated carbocycles. The van der Waals surface area contributed by atoms with E-state index in [9.17, 15) is 28.0 Å². The number of fused-ring (bicyclic) bond motifs is 1. The van der Waals surface area contributed by atoms with Crippen LogP contribution in [0.4, 0.5) is 8.78 Å². The van der Waals surface area contributed by atoms with Gasteiger partial charge in [0, 0.05) is 18.8 Å². The van der Waals surface area contributed by atoms with Crippen molar-refractivity contribution in [1.82, 2.24) is 0 Å². The van der Waals surface area contributed by atoms with E-state index in [0.29, 0.717) is 13.3 Å². The molecule has 1 aliphatic heterocycles. The number of carbonyl (C=O) groups excluding carboxylic acids is 4. The summed E-state index contributed by atoms with van der Waals surface area (Å²) in [5.41, 5.74) is -0.582. The summed E-state index contributed by atoms with van der Waals surface area (Å²) in [4.78, 5) is 48.9. The van der Waals surface area contributed by atoms with Crippen molar-refractivity contribution < 1.29 is 46.9 Å². The van der Waals surface area contributed by atoms with Gasteiger partial charge in [0.2, 0.25) is 0 Å². The van der Waals surface area contributed by atoms with Gasteiger partial charge in [-0.15, -0.1) is 0 Å². The van der Waals surface area contributed by atoms with Crippen molar-refractivity contribution in [2.75, 3.05) is 6.61 Å². The first-order valence-electron chi connectivity index (χ1n) is 10.7. The van der Waals surface area contributed by atoms with Gasteiger partial charge in [0.05, 0.1) is 11.8 Å². The summed E-state index contributed by atoms with van der Waals surface area (Å²) in [5, 5.41) is 0. The Labute approximate surface area is 177 Å². The van der Waals surface area contributed by atoms with Crippen LogP contribution in [0.15, 0.2) is 0 Å². The molecular formula is C21H26F2O8. The number of carbonyl (C=O) groups is 4. The number of hydrogen-bond donors (Lipinski definition) is 0. The highest BCUT2D eigenvalue weighted by Crippen LogP contribution is 2.59. The minimum atomic E-state index is -3.71. The lowest BCUT2D eigenvalue weighted by Gasteiger charge is -2.33. The molecule has 1 heterocycles. The average Bonchev–Trinajstić information content (AvgIpc) is 3.29. The van der Waals surface area contributed by atoms with Crippen molar-refractivity contribution in [2.45, 2.75) is 76.1 Å². The van der Waals surface area contributed by atoms with Crippen LogP contribution in [0.3, 0.4) is 0 Å². The van der Waals surface area contributed by atoms with Crippen LogP contribution in [0, 0.1) is 23.7 Å². The molecular weight excluding hydrogens is 418 g/mol. The number of rotatable bonds is 6. The standard InChI is InChI=1S/C21H26F2O8/c1-20(6-4-3-5-7-20)31-12(24)9-28-17(25)13-10-8-11-14(13)18(26)29-15(11)16(10)30-19(27)21(2,22)23/h10-11,13-16H,3-9H2,1-2H3. The van der Waals surface area contributed by atoms with Crippen LogP contribution >= 0.6 is 0 Å². The summed E-state index contributed by atoms with van der Waals surface area (Å²) >= 11 is 0. The fourth-order valence-corrected chi connectivity index (χ4v) is 5.63. The molecule has 0 aromatic rings. The van der Waals surface area contributed by atoms with Crippen LogP contribution in [0.5, 0.6) is 0 Å². The van der Waals surface area contributed by atoms with Crippen LogP contribution in [0.2, 0.25) is 0 Å². The molecule has 4 rings (SSSR count). The number of esters is 4. The second kappa shape index (κ2) is 7.70. The van der Waals surface area contributed by atoms with E-state index in [0.717, 1.165) is 32.1 Å². The van der Waals surface area contributed by atoms with Gasteiger partial charge < -0.3 is 18.9 Å². The van der Waals surface area contributed by atoms with Gasteiger partial charge in [-0.3, -0.25) is 9.59 Å². The minimum absolute atomic E-state index is 0.316. The molecule has 172 valence electrons. The van der Waals surface area contributed by atoms with E-state index in [-0.39, 0.29) is 0 Å². The van der Waals surface area contributed by atoms with Gasteiger partial charge in [0.15, 0.2) is 6.61 Å². The molecule has 0 aromatic heterocycles. The Morgan fingerprint density at radius 2 is 1.84 bits per heavy atom. The lowest BCUT2D eigenvalue weighted by atomic mass is 9.78. The van der Waals surface area contributed by atoms with E-state index in [4.69, 9.17) is 18.9 Å². The highest BCUT2D eigenvalue weighted by molar-refractivity contribution is 5.87. The second-order valence-electron chi connectivity index (χ2n) is 9.37. The average molecular weight is 444 g/mol. The molecule has 0 radical (unpaired) electrons. The predicted octanol–water partition coefficient (Wildman–Crippen LogP) is 2.17. The second-order valence-corrected chi connectivity index (χ2v) is 9.37. The third-order valence-electron chi connectivity index (χ3n) is 7.02. The van der Waals surface area contributed by atoms with Gasteiger partial charge >= 0.3 is 29.8 Å². The highest BCUT2D eigenvalue weighted by atomic mass is 19.3. The normalized spacial score (nSPS) is 35.4. The van der Waals surface area contributed by atoms with Crippen molar-refractivity contribution in [3.63, 3.8) is 0 Å². The van der Waals surface area contributed by atoms with Crippen LogP contribution in [-0.2, 0) is 38.1 Å². The van der Waals surface area contributed by atoms with Gasteiger partial charge in [0.25, 0.3) is 0 Å². The summed E-state index contributed by atoms with van der Waals surface area (Å²) in [7, 11) is 0. The van der Waals surface area contributed by atoms with Gasteiger partial charge in [-0.2, -0.15) is 8.78 Å². The van der Waals surface area contributed by atoms with Crippen LogP contribution in [-0.4, -0.2) is 54.2 Å². The van der Waals surface area contributed by atoms with Crippen molar-refractivity contribution >= 4 is 23.9 Å². The lowest BCUT2D eigenvalue weighted by molar-refractivity contribution is -0.186. The third kappa shape index (κ3) is 4.01. The highest BCUT2D eigenvalue weighted by Gasteiger charge is 2.70. The topological polar surface area (TPSA) is 105 Å². The minimum Gasteiger partial charge on any atom is -0.458 e. The van der Waals surface area contributed by atoms with Gasteiger partial charge in [-0.25, -0.2) is 9.59 Å². The molecule has 6 unspecified atom stereocenters. The molecule has 1 saturated heterocycles. The van der Waals surface area contributed by atoms with E-state index >= 15 is 0 Å². The van der Waals surface area contributed by atoms with E-state index in [1.165, 1.54) is 0 Å². The summed E-state index contributed by atoms with van der Waals surface area (Å²) in [5.74, 6) is -10.5. The molecule has 0 N–H and O–H groups in total. The van der Waals surface area contributed by atoms with Gasteiger partial charge in [-0.05, 0) is 39.0 Å². The Morgan fingerprint density at radius 1 is 1.16 bits per heavy atom. The maximum atomic E-state index is 13.3. The Balaban J connectivity index is 1.39. The number of halogens is 2. The van der Waals surface area contributed by atoms with Crippen molar-refractivity contribution in [3.05, 3.63) is 0 Å². The molecule has 2 bridgehead atoms. The summed E-state index contributed by atoms with van der Waals surface area (Å²) < 4.78 is 47.4. The van der Waals surface area contributed by atoms with Crippen molar-refractivity contribution in [3.8, 4) is 0 Å². The van der Waals surface area contributed by atoms with E-state index < -0.39 is 77.9 Å². The van der Waals surface area contributed by atoms with Crippen molar-refractivity contribution in [2.24, 2.45) is 23.7 Å². The maximum absolute atomic E-state index is 13.3. The fourth-order valence-electron chi connectivity index (χ4n) is 5.63. The lowest BCUT2D eigenvalue weighted by Crippen LogP contribution is -2.46.